The van der Waals surface area contributed by atoms with E-state index in [2.05, 4.69) is 32.6 Å². The average molecular weight is 459 g/mol. The van der Waals surface area contributed by atoms with Gasteiger partial charge in [-0.3, -0.25) is 0 Å². The smallest absolute Gasteiger partial charge is 0.228 e. The molecule has 25 heavy (non-hydrogen) atoms. The van der Waals surface area contributed by atoms with E-state index in [-0.39, 0.29) is 0 Å². The monoisotopic (exact) mass is 459 g/mol. The molecule has 0 N–H and O–H groups in total. The highest BCUT2D eigenvalue weighted by atomic mass is 127. The maximum atomic E-state index is 13.4. The van der Waals surface area contributed by atoms with Crippen molar-refractivity contribution in [3.05, 3.63) is 50.7 Å². The fraction of sp³-hybridized carbons (Fsp3) is 0.333. The lowest BCUT2D eigenvalue weighted by Crippen LogP contribution is -2.14. The van der Waals surface area contributed by atoms with E-state index in [1.165, 1.54) is 12.1 Å². The molecule has 0 spiro atoms. The van der Waals surface area contributed by atoms with Crippen LogP contribution in [0.15, 0.2) is 29.3 Å². The molecule has 0 saturated heterocycles. The first-order chi connectivity index (χ1) is 11.8. The molecule has 0 aliphatic rings. The molecule has 2 aromatic rings. The Morgan fingerprint density at radius 1 is 1.28 bits per heavy atom. The number of ether oxygens (including phenoxy) is 1. The zero-order valence-corrected chi connectivity index (χ0v) is 16.7. The summed E-state index contributed by atoms with van der Waals surface area (Å²) >= 11 is 2.11. The molecule has 1 atom stereocenters. The Balaban J connectivity index is 2.22. The number of halogens is 3. The third-order valence-electron chi connectivity index (χ3n) is 3.64. The maximum absolute atomic E-state index is 13.4. The molecule has 0 aliphatic heterocycles. The first kappa shape index (κ1) is 19.6. The number of nitrogens with zero attached hydrogens (tertiary/aromatic N) is 3. The molecule has 0 saturated carbocycles. The summed E-state index contributed by atoms with van der Waals surface area (Å²) in [5.74, 6) is -0.846. The van der Waals surface area contributed by atoms with Crippen molar-refractivity contribution in [2.45, 2.75) is 26.9 Å². The molecule has 134 valence electrons. The number of hydrogen-bond acceptors (Lipinski definition) is 3. The lowest BCUT2D eigenvalue weighted by Gasteiger charge is -2.17. The summed E-state index contributed by atoms with van der Waals surface area (Å²) in [6.07, 6.45) is 1.21. The Labute approximate surface area is 160 Å². The van der Waals surface area contributed by atoms with Gasteiger partial charge < -0.3 is 9.64 Å². The Morgan fingerprint density at radius 2 is 1.92 bits per heavy atom. The number of aryl methyl sites for hydroxylation is 1. The molecule has 0 bridgehead atoms. The summed E-state index contributed by atoms with van der Waals surface area (Å²) in [4.78, 5) is 10.8. The van der Waals surface area contributed by atoms with Crippen LogP contribution in [0.3, 0.4) is 0 Å². The van der Waals surface area contributed by atoms with Gasteiger partial charge in [0.05, 0.1) is 21.3 Å². The van der Waals surface area contributed by atoms with Gasteiger partial charge in [0.2, 0.25) is 5.88 Å². The van der Waals surface area contributed by atoms with Crippen LogP contribution in [0.5, 0.6) is 5.88 Å². The quantitative estimate of drug-likeness (QED) is 0.346. The van der Waals surface area contributed by atoms with E-state index in [1.807, 2.05) is 31.9 Å². The summed E-state index contributed by atoms with van der Waals surface area (Å²) in [7, 11) is 1.94. The molecule has 0 radical (unpaired) electrons. The van der Waals surface area contributed by atoms with Gasteiger partial charge in [-0.15, -0.1) is 0 Å². The van der Waals surface area contributed by atoms with Gasteiger partial charge in [-0.2, -0.15) is 0 Å². The van der Waals surface area contributed by atoms with Gasteiger partial charge in [0.1, 0.15) is 17.7 Å². The van der Waals surface area contributed by atoms with Crippen LogP contribution in [0, 0.1) is 22.1 Å². The summed E-state index contributed by atoms with van der Waals surface area (Å²) in [6.45, 7) is 6.46. The maximum Gasteiger partial charge on any atom is 0.228 e. The number of hydrogen-bond donors (Lipinski definition) is 0. The number of rotatable bonds is 6. The van der Waals surface area contributed by atoms with Crippen LogP contribution in [0.25, 0.3) is 0 Å². The van der Waals surface area contributed by atoms with Gasteiger partial charge in [-0.25, -0.2) is 18.8 Å². The average Bonchev–Trinajstić information content (AvgIpc) is 2.55. The van der Waals surface area contributed by atoms with Crippen molar-refractivity contribution in [1.29, 1.82) is 0 Å². The Bertz CT molecular complexity index is 763. The molecular formula is C18H20F2IN3O. The standard InChI is InChI=1S/C18H20F2IN3O/c1-5-24(4)10-22-17-9-16(21)18(23-11(17)2)25-12(3)13-6-14(19)8-15(20)7-13/h6-10,12H,5H2,1-4H3/b22-10+/t12-/m1/s1. The van der Waals surface area contributed by atoms with Crippen LogP contribution in [0.4, 0.5) is 14.5 Å². The van der Waals surface area contributed by atoms with E-state index < -0.39 is 17.7 Å². The Kier molecular flexibility index (Phi) is 6.69. The van der Waals surface area contributed by atoms with Crippen LogP contribution in [-0.4, -0.2) is 29.8 Å². The van der Waals surface area contributed by atoms with Crippen molar-refractivity contribution >= 4 is 34.6 Å². The van der Waals surface area contributed by atoms with Crippen LogP contribution in [0.1, 0.15) is 31.2 Å². The molecule has 1 heterocycles. The molecule has 4 nitrogen and oxygen atoms in total. The predicted molar refractivity (Wildman–Crippen MR) is 104 cm³/mol. The second-order valence-corrected chi connectivity index (χ2v) is 6.82. The Hall–Kier alpha value is -1.77. The van der Waals surface area contributed by atoms with Gasteiger partial charge >= 0.3 is 0 Å². The lowest BCUT2D eigenvalue weighted by atomic mass is 10.1. The molecule has 0 aliphatic carbocycles. The predicted octanol–water partition coefficient (Wildman–Crippen LogP) is 5.02. The van der Waals surface area contributed by atoms with E-state index in [0.717, 1.165) is 21.9 Å². The molecule has 0 amide bonds. The second-order valence-electron chi connectivity index (χ2n) is 5.66. The van der Waals surface area contributed by atoms with Gasteiger partial charge in [0.25, 0.3) is 0 Å². The van der Waals surface area contributed by atoms with Crippen molar-refractivity contribution in [2.24, 2.45) is 4.99 Å². The second kappa shape index (κ2) is 8.55. The molecule has 1 aromatic carbocycles. The van der Waals surface area contributed by atoms with Crippen molar-refractivity contribution in [3.63, 3.8) is 0 Å². The largest absolute Gasteiger partial charge is 0.469 e. The molecule has 0 unspecified atom stereocenters. The first-order valence-corrected chi connectivity index (χ1v) is 8.92. The fourth-order valence-electron chi connectivity index (χ4n) is 2.05. The van der Waals surface area contributed by atoms with Gasteiger partial charge in [-0.1, -0.05) is 0 Å². The summed E-state index contributed by atoms with van der Waals surface area (Å²) in [5.41, 5.74) is 1.88. The first-order valence-electron chi connectivity index (χ1n) is 7.84. The van der Waals surface area contributed by atoms with E-state index in [4.69, 9.17) is 4.74 Å². The molecular weight excluding hydrogens is 439 g/mol. The highest BCUT2D eigenvalue weighted by Crippen LogP contribution is 2.30. The SMILES string of the molecule is CCN(C)/C=N/c1cc(I)c(O[C@H](C)c2cc(F)cc(F)c2)nc1C. The summed E-state index contributed by atoms with van der Waals surface area (Å²) in [5, 5.41) is 0. The zero-order valence-electron chi connectivity index (χ0n) is 14.6. The molecule has 1 aromatic heterocycles. The van der Waals surface area contributed by atoms with Crippen molar-refractivity contribution < 1.29 is 13.5 Å². The number of aromatic nitrogens is 1. The normalized spacial score (nSPS) is 12.4. The van der Waals surface area contributed by atoms with Crippen LogP contribution in [-0.2, 0) is 0 Å². The number of aliphatic imine (C=N–C) groups is 1. The minimum atomic E-state index is -0.631. The van der Waals surface area contributed by atoms with Crippen LogP contribution in [0.2, 0.25) is 0 Å². The van der Waals surface area contributed by atoms with Crippen molar-refractivity contribution in [1.82, 2.24) is 9.88 Å². The number of benzene rings is 1. The van der Waals surface area contributed by atoms with Crippen LogP contribution < -0.4 is 4.74 Å². The van der Waals surface area contributed by atoms with Crippen molar-refractivity contribution in [3.8, 4) is 5.88 Å². The van der Waals surface area contributed by atoms with Crippen molar-refractivity contribution in [2.75, 3.05) is 13.6 Å². The van der Waals surface area contributed by atoms with E-state index in [1.54, 1.807) is 13.3 Å². The lowest BCUT2D eigenvalue weighted by molar-refractivity contribution is 0.214. The minimum Gasteiger partial charge on any atom is -0.469 e. The van der Waals surface area contributed by atoms with Gasteiger partial charge in [0.15, 0.2) is 0 Å². The highest BCUT2D eigenvalue weighted by Gasteiger charge is 2.15. The molecule has 0 fully saturated rings. The van der Waals surface area contributed by atoms with Gasteiger partial charge in [0, 0.05) is 19.7 Å². The molecule has 2 rings (SSSR count). The summed E-state index contributed by atoms with van der Waals surface area (Å²) < 4.78 is 33.3. The molecule has 7 heteroatoms. The third-order valence-corrected chi connectivity index (χ3v) is 4.42. The highest BCUT2D eigenvalue weighted by molar-refractivity contribution is 14.1. The Morgan fingerprint density at radius 3 is 2.52 bits per heavy atom. The topological polar surface area (TPSA) is 37.7 Å². The third kappa shape index (κ3) is 5.35. The zero-order chi connectivity index (χ0) is 18.6. The van der Waals surface area contributed by atoms with E-state index in [0.29, 0.717) is 17.1 Å². The van der Waals surface area contributed by atoms with Crippen LogP contribution >= 0.6 is 22.6 Å². The number of pyridine rings is 1. The van der Waals surface area contributed by atoms with E-state index >= 15 is 0 Å². The summed E-state index contributed by atoms with van der Waals surface area (Å²) in [6, 6.07) is 5.22. The van der Waals surface area contributed by atoms with Gasteiger partial charge in [-0.05, 0) is 67.1 Å². The minimum absolute atomic E-state index is 0.415. The van der Waals surface area contributed by atoms with E-state index in [9.17, 15) is 8.78 Å². The fourth-order valence-corrected chi connectivity index (χ4v) is 2.59.